The molecule has 0 saturated heterocycles. The van der Waals surface area contributed by atoms with Crippen LogP contribution in [0.15, 0.2) is 170 Å². The number of thiophene rings is 6. The van der Waals surface area contributed by atoms with Crippen LogP contribution in [0.4, 0.5) is 0 Å². The largest absolute Gasteiger partial charge is 0.133 e. The van der Waals surface area contributed by atoms with Gasteiger partial charge in [-0.15, -0.1) is 68.0 Å². The second-order valence-electron chi connectivity index (χ2n) is 23.6. The molecular weight excluding hydrogens is 1090 g/mol. The molecule has 0 fully saturated rings. The van der Waals surface area contributed by atoms with E-state index in [-0.39, 0.29) is 0 Å². The molecule has 0 aliphatic heterocycles. The molecule has 394 valence electrons. The third-order valence-corrected chi connectivity index (χ3v) is 39.6. The molecule has 0 unspecified atom stereocenters. The van der Waals surface area contributed by atoms with Crippen LogP contribution in [-0.4, -0.2) is 16.1 Å². The summed E-state index contributed by atoms with van der Waals surface area (Å²) in [7, 11) is -4.03. The van der Waals surface area contributed by atoms with Crippen molar-refractivity contribution in [3.05, 3.63) is 170 Å². The van der Waals surface area contributed by atoms with Crippen molar-refractivity contribution in [1.82, 2.24) is 0 Å². The lowest BCUT2D eigenvalue weighted by molar-refractivity contribution is 0.835. The van der Waals surface area contributed by atoms with Crippen molar-refractivity contribution in [2.24, 2.45) is 0 Å². The number of rotatable bonds is 15. The minimum absolute atomic E-state index is 0.604. The predicted molar refractivity (Wildman–Crippen MR) is 363 cm³/mol. The molecule has 6 heterocycles. The van der Waals surface area contributed by atoms with E-state index in [0.29, 0.717) is 33.2 Å². The van der Waals surface area contributed by atoms with E-state index in [1.54, 1.807) is 10.4 Å². The van der Waals surface area contributed by atoms with Crippen LogP contribution in [0.3, 0.4) is 0 Å². The van der Waals surface area contributed by atoms with Gasteiger partial charge in [-0.2, -0.15) is 0 Å². The van der Waals surface area contributed by atoms with Crippen LogP contribution in [0, 0.1) is 0 Å². The van der Waals surface area contributed by atoms with Crippen LogP contribution in [0.25, 0.3) is 113 Å². The molecular formula is C70H70S6Si2. The average molecular weight is 1160 g/mol. The molecule has 0 aliphatic rings. The first-order valence-electron chi connectivity index (χ1n) is 28.1. The van der Waals surface area contributed by atoms with Gasteiger partial charge < -0.3 is 0 Å². The second-order valence-corrected chi connectivity index (χ2v) is 41.8. The molecule has 0 radical (unpaired) electrons. The Kier molecular flexibility index (Phi) is 14.5. The summed E-state index contributed by atoms with van der Waals surface area (Å²) in [6.07, 6.45) is 0. The molecule has 0 amide bonds. The SMILES string of the molecule is CC(C)[Si](c1cc(-c2ccccc2)c(-c2cc3sc4cc(-c5cc6sc7cc(-c8c(-c9ccccc9)cc([Si](C(C)C)(C(C)C)C(C)C)cc8-c8ccccc8)sc7c6s5)sc4c3s2)c(-c2ccccc2)c1)(C(C)C)C(C)C. The van der Waals surface area contributed by atoms with Crippen molar-refractivity contribution in [3.8, 4) is 75.1 Å². The molecule has 78 heavy (non-hydrogen) atoms. The number of fused-ring (bicyclic) bond motifs is 6. The van der Waals surface area contributed by atoms with Crippen molar-refractivity contribution in [2.75, 3.05) is 0 Å². The predicted octanol–water partition coefficient (Wildman–Crippen LogP) is 24.1. The van der Waals surface area contributed by atoms with E-state index in [1.807, 2.05) is 68.0 Å². The fourth-order valence-electron chi connectivity index (χ4n) is 14.9. The Morgan fingerprint density at radius 1 is 0.256 bits per heavy atom. The van der Waals surface area contributed by atoms with E-state index in [0.717, 1.165) is 0 Å². The Labute approximate surface area is 489 Å². The minimum Gasteiger partial charge on any atom is -0.133 e. The Hall–Kier alpha value is -5.01. The van der Waals surface area contributed by atoms with Gasteiger partial charge >= 0.3 is 0 Å². The first-order valence-corrected chi connectivity index (χ1v) is 37.5. The van der Waals surface area contributed by atoms with Gasteiger partial charge in [0.1, 0.15) is 0 Å². The minimum atomic E-state index is -2.02. The van der Waals surface area contributed by atoms with Gasteiger partial charge in [-0.05, 0) is 102 Å². The van der Waals surface area contributed by atoms with Crippen LogP contribution in [0.1, 0.15) is 83.1 Å². The van der Waals surface area contributed by atoms with Gasteiger partial charge in [0, 0.05) is 49.4 Å². The summed E-state index contributed by atoms with van der Waals surface area (Å²) in [6.45, 7) is 30.0. The lowest BCUT2D eigenvalue weighted by Gasteiger charge is -2.44. The van der Waals surface area contributed by atoms with E-state index in [9.17, 15) is 0 Å². The fourth-order valence-corrected chi connectivity index (χ4v) is 36.7. The van der Waals surface area contributed by atoms with Crippen LogP contribution in [0.5, 0.6) is 0 Å². The van der Waals surface area contributed by atoms with Gasteiger partial charge in [0.05, 0.1) is 34.9 Å². The van der Waals surface area contributed by atoms with Crippen molar-refractivity contribution in [3.63, 3.8) is 0 Å². The molecule has 0 atom stereocenters. The summed E-state index contributed by atoms with van der Waals surface area (Å²) in [6, 6.07) is 65.6. The van der Waals surface area contributed by atoms with Crippen molar-refractivity contribution < 1.29 is 0 Å². The standard InChI is InChI=1S/C70H70S6Si2/c1-41(2)77(42(3)4,43(5)6)51-33-53(47-25-17-13-18-26-47)65(54(34-51)48-27-19-14-20-28-48)59-39-63-69(75-59)67-61(71-63)37-57(73-67)58-38-62-68(74-58)70-64(72-62)40-60(76-70)66-55(49-29-21-15-22-30-49)35-52(36-56(66)50-31-23-16-24-32-50)78(44(7)8,45(9)10)46(11)12/h13-46H,1-12H3. The topological polar surface area (TPSA) is 0 Å². The van der Waals surface area contributed by atoms with E-state index >= 15 is 0 Å². The third-order valence-electron chi connectivity index (χ3n) is 17.7. The second kappa shape index (κ2) is 21.1. The maximum absolute atomic E-state index is 2.64. The molecule has 0 N–H and O–H groups in total. The zero-order valence-corrected chi connectivity index (χ0v) is 54.0. The third kappa shape index (κ3) is 8.78. The number of hydrogen-bond acceptors (Lipinski definition) is 6. The highest BCUT2D eigenvalue weighted by molar-refractivity contribution is 7.42. The number of hydrogen-bond donors (Lipinski definition) is 0. The zero-order valence-electron chi connectivity index (χ0n) is 47.1. The molecule has 0 bridgehead atoms. The Bertz CT molecular complexity index is 3670. The molecule has 6 aromatic heterocycles. The van der Waals surface area contributed by atoms with Crippen molar-refractivity contribution in [2.45, 2.75) is 116 Å². The molecule has 0 nitrogen and oxygen atoms in total. The van der Waals surface area contributed by atoms with Crippen LogP contribution in [-0.2, 0) is 0 Å². The van der Waals surface area contributed by atoms with E-state index in [2.05, 4.69) is 253 Å². The highest BCUT2D eigenvalue weighted by atomic mass is 32.1. The molecule has 0 saturated carbocycles. The monoisotopic (exact) mass is 1160 g/mol. The van der Waals surface area contributed by atoms with Gasteiger partial charge in [0.25, 0.3) is 0 Å². The highest BCUT2D eigenvalue weighted by Crippen LogP contribution is 2.56. The molecule has 12 rings (SSSR count). The van der Waals surface area contributed by atoms with Crippen molar-refractivity contribution in [1.29, 1.82) is 0 Å². The summed E-state index contributed by atoms with van der Waals surface area (Å²) < 4.78 is 11.3. The Morgan fingerprint density at radius 2 is 0.474 bits per heavy atom. The van der Waals surface area contributed by atoms with Crippen LogP contribution < -0.4 is 10.4 Å². The van der Waals surface area contributed by atoms with Crippen LogP contribution in [0.2, 0.25) is 33.2 Å². The highest BCUT2D eigenvalue weighted by Gasteiger charge is 2.46. The van der Waals surface area contributed by atoms with Crippen LogP contribution >= 0.6 is 68.0 Å². The number of benzene rings is 6. The average Bonchev–Trinajstić information content (AvgIpc) is 4.45. The normalized spacial score (nSPS) is 12.8. The van der Waals surface area contributed by atoms with Gasteiger partial charge in [-0.3, -0.25) is 0 Å². The molecule has 0 spiro atoms. The van der Waals surface area contributed by atoms with E-state index in [4.69, 9.17) is 0 Å². The summed E-state index contributed by atoms with van der Waals surface area (Å²) in [5.74, 6) is 0. The molecule has 8 heteroatoms. The summed E-state index contributed by atoms with van der Waals surface area (Å²) in [5, 5.41) is 3.18. The summed E-state index contributed by atoms with van der Waals surface area (Å²) in [4.78, 5) is 5.48. The van der Waals surface area contributed by atoms with E-state index < -0.39 is 16.1 Å². The van der Waals surface area contributed by atoms with Gasteiger partial charge in [0.15, 0.2) is 0 Å². The van der Waals surface area contributed by atoms with Crippen molar-refractivity contribution >= 4 is 132 Å². The summed E-state index contributed by atoms with van der Waals surface area (Å²) >= 11 is 11.9. The van der Waals surface area contributed by atoms with E-state index in [1.165, 1.54) is 113 Å². The first-order chi connectivity index (χ1) is 37.6. The Balaban J connectivity index is 0.984. The quantitative estimate of drug-likeness (QED) is 0.0898. The molecule has 6 aromatic carbocycles. The fraction of sp³-hybridized carbons (Fsp3) is 0.257. The summed E-state index contributed by atoms with van der Waals surface area (Å²) in [5.41, 5.74) is 17.0. The zero-order chi connectivity index (χ0) is 54.4. The maximum atomic E-state index is 2.64. The maximum Gasteiger partial charge on any atom is 0.0943 e. The lowest BCUT2D eigenvalue weighted by atomic mass is 9.91. The molecule has 12 aromatic rings. The van der Waals surface area contributed by atoms with Gasteiger partial charge in [0.2, 0.25) is 0 Å². The smallest absolute Gasteiger partial charge is 0.0943 e. The first kappa shape index (κ1) is 53.6. The van der Waals surface area contributed by atoms with Gasteiger partial charge in [-0.1, -0.05) is 239 Å². The Morgan fingerprint density at radius 3 is 0.705 bits per heavy atom. The molecule has 0 aliphatic carbocycles. The van der Waals surface area contributed by atoms with Gasteiger partial charge in [-0.25, -0.2) is 0 Å². The lowest BCUT2D eigenvalue weighted by Crippen LogP contribution is -2.55.